The third-order valence-electron chi connectivity index (χ3n) is 9.61. The normalized spacial score (nSPS) is 18.1. The highest BCUT2D eigenvalue weighted by molar-refractivity contribution is 7.72. The van der Waals surface area contributed by atoms with Crippen LogP contribution >= 0.6 is 42.4 Å². The summed E-state index contributed by atoms with van der Waals surface area (Å²) in [5.41, 5.74) is -2.34. The maximum Gasteiger partial charge on any atom is 0.447 e. The van der Waals surface area contributed by atoms with Crippen molar-refractivity contribution >= 4 is 47.9 Å². The van der Waals surface area contributed by atoms with Crippen LogP contribution in [0.4, 0.5) is 0 Å². The van der Waals surface area contributed by atoms with Crippen LogP contribution in [0.25, 0.3) is 0 Å². The molecule has 1 aliphatic rings. The van der Waals surface area contributed by atoms with E-state index >= 15 is 4.57 Å². The largest absolute Gasteiger partial charge is 0.497 e. The average molecular weight is 872 g/mol. The van der Waals surface area contributed by atoms with Crippen molar-refractivity contribution < 1.29 is 37.4 Å². The molecular weight excluding hydrogens is 830 g/mol. The molecule has 5 aromatic rings. The monoisotopic (exact) mass is 870 g/mol. The van der Waals surface area contributed by atoms with Gasteiger partial charge in [-0.15, -0.1) is 0 Å². The molecule has 0 radical (unpaired) electrons. The number of carbonyl (C=O) groups is 1. The fourth-order valence-electron chi connectivity index (χ4n) is 6.65. The number of ether oxygens (including phenoxy) is 4. The molecule has 6 rings (SSSR count). The van der Waals surface area contributed by atoms with Crippen LogP contribution < -0.4 is 25.2 Å². The third kappa shape index (κ3) is 8.94. The minimum absolute atomic E-state index is 0.106. The molecule has 4 aromatic carbocycles. The summed E-state index contributed by atoms with van der Waals surface area (Å²) >= 11 is 19.1. The highest BCUT2D eigenvalue weighted by Gasteiger charge is 2.51. The predicted octanol–water partition coefficient (Wildman–Crippen LogP) is 9.35. The second-order valence-corrected chi connectivity index (χ2v) is 17.7. The van der Waals surface area contributed by atoms with Crippen molar-refractivity contribution in [1.82, 2.24) is 9.55 Å². The topological polar surface area (TPSA) is 144 Å². The van der Waals surface area contributed by atoms with Crippen LogP contribution in [0.5, 0.6) is 17.2 Å². The summed E-state index contributed by atoms with van der Waals surface area (Å²) in [6, 6.07) is 27.0. The summed E-state index contributed by atoms with van der Waals surface area (Å²) < 4.78 is 53.1. The molecule has 0 saturated carbocycles. The van der Waals surface area contributed by atoms with Gasteiger partial charge in [0.25, 0.3) is 11.1 Å². The molecule has 58 heavy (non-hydrogen) atoms. The van der Waals surface area contributed by atoms with Crippen LogP contribution in [0.3, 0.4) is 0 Å². The molecule has 2 heterocycles. The minimum atomic E-state index is -4.87. The second kappa shape index (κ2) is 17.5. The van der Waals surface area contributed by atoms with Gasteiger partial charge in [0.2, 0.25) is 0 Å². The van der Waals surface area contributed by atoms with Gasteiger partial charge in [-0.05, 0) is 60.0 Å². The molecule has 306 valence electrons. The third-order valence-corrected chi connectivity index (χ3v) is 12.5. The standard InChI is InChI=1S/C42H42Cl3N2O10P/c1-25-23-47(40(50)46-38(25)48)36-22-34(56-58(51,39(49)41(2,3)4)57-37-32(44)20-29(43)21-33(37)45)35(55-36)24-54-42(26-10-8-7-9-11-26,27-12-16-30(52-5)17-13-27)28-14-18-31(53-6)19-15-28/h7-21,23,34-36H,22,24H2,1-6H3,(H,46,48,50)/t34-,35+,36+,58?/m0/s1. The molecular formula is C42H42Cl3N2O10P. The zero-order valence-corrected chi connectivity index (χ0v) is 35.7. The SMILES string of the molecule is COc1ccc(C(OC[C@H]2O[C@@H](n3cc(C)c(=O)[nH]c3=O)C[C@@H]2OP(=O)(Oc2c(Cl)cc(Cl)cc2Cl)C(=O)C(C)(C)C)(c2ccccc2)c2ccc(OC)cc2)cc1. The number of nitrogens with zero attached hydrogens (tertiary/aromatic N) is 1. The van der Waals surface area contributed by atoms with Gasteiger partial charge in [0.15, 0.2) is 5.75 Å². The number of hydrogen-bond donors (Lipinski definition) is 1. The van der Waals surface area contributed by atoms with Crippen LogP contribution in [0.1, 0.15) is 55.7 Å². The van der Waals surface area contributed by atoms with E-state index in [1.807, 2.05) is 78.9 Å². The van der Waals surface area contributed by atoms with Crippen LogP contribution in [-0.4, -0.2) is 48.1 Å². The minimum Gasteiger partial charge on any atom is -0.497 e. The van der Waals surface area contributed by atoms with E-state index in [2.05, 4.69) is 4.98 Å². The Morgan fingerprint density at radius 2 is 1.40 bits per heavy atom. The molecule has 1 N–H and O–H groups in total. The lowest BCUT2D eigenvalue weighted by atomic mass is 9.80. The van der Waals surface area contributed by atoms with Gasteiger partial charge in [-0.1, -0.05) is 110 Å². The Labute approximate surface area is 350 Å². The van der Waals surface area contributed by atoms with Gasteiger partial charge in [0.05, 0.1) is 30.9 Å². The van der Waals surface area contributed by atoms with Crippen molar-refractivity contribution in [3.05, 3.63) is 155 Å². The molecule has 0 spiro atoms. The van der Waals surface area contributed by atoms with Crippen LogP contribution in [0.15, 0.2) is 107 Å². The number of H-pyrrole nitrogens is 1. The van der Waals surface area contributed by atoms with Gasteiger partial charge in [0, 0.05) is 28.6 Å². The zero-order chi connectivity index (χ0) is 42.0. The Hall–Kier alpha value is -4.39. The van der Waals surface area contributed by atoms with Crippen LogP contribution in [0, 0.1) is 12.3 Å². The lowest BCUT2D eigenvalue weighted by molar-refractivity contribution is -0.121. The number of rotatable bonds is 14. The van der Waals surface area contributed by atoms with Gasteiger partial charge in [-0.25, -0.2) is 9.36 Å². The predicted molar refractivity (Wildman–Crippen MR) is 222 cm³/mol. The summed E-state index contributed by atoms with van der Waals surface area (Å²) in [6.45, 7) is 5.98. The van der Waals surface area contributed by atoms with Gasteiger partial charge in [-0.2, -0.15) is 0 Å². The van der Waals surface area contributed by atoms with Gasteiger partial charge in [-0.3, -0.25) is 23.7 Å². The second-order valence-electron chi connectivity index (χ2n) is 14.6. The van der Waals surface area contributed by atoms with Gasteiger partial charge >= 0.3 is 13.3 Å². The molecule has 12 nitrogen and oxygen atoms in total. The number of hydrogen-bond acceptors (Lipinski definition) is 10. The van der Waals surface area contributed by atoms with Gasteiger partial charge in [0.1, 0.15) is 35.5 Å². The molecule has 1 saturated heterocycles. The Balaban J connectivity index is 1.48. The first-order valence-electron chi connectivity index (χ1n) is 18.1. The van der Waals surface area contributed by atoms with Crippen molar-refractivity contribution in [2.75, 3.05) is 20.8 Å². The number of nitrogens with one attached hydrogen (secondary N) is 1. The van der Waals surface area contributed by atoms with Crippen molar-refractivity contribution in [2.24, 2.45) is 5.41 Å². The number of aryl methyl sites for hydroxylation is 1. The number of methoxy groups -OCH3 is 2. The quantitative estimate of drug-likeness (QED) is 0.0847. The lowest BCUT2D eigenvalue weighted by Crippen LogP contribution is -2.39. The fourth-order valence-corrected chi connectivity index (χ4v) is 9.71. The highest BCUT2D eigenvalue weighted by Crippen LogP contribution is 2.58. The molecule has 0 amide bonds. The molecule has 1 fully saturated rings. The summed E-state index contributed by atoms with van der Waals surface area (Å²) in [5, 5.41) is -0.0301. The first kappa shape index (κ1) is 43.2. The Morgan fingerprint density at radius 1 is 0.862 bits per heavy atom. The smallest absolute Gasteiger partial charge is 0.447 e. The summed E-state index contributed by atoms with van der Waals surface area (Å²) in [7, 11) is -1.73. The molecule has 1 unspecified atom stereocenters. The number of benzene rings is 4. The average Bonchev–Trinajstić information content (AvgIpc) is 3.59. The van der Waals surface area contributed by atoms with Crippen LogP contribution in [0.2, 0.25) is 15.1 Å². The van der Waals surface area contributed by atoms with E-state index in [-0.39, 0.29) is 39.4 Å². The first-order chi connectivity index (χ1) is 27.5. The zero-order valence-electron chi connectivity index (χ0n) is 32.5. The summed E-state index contributed by atoms with van der Waals surface area (Å²) in [6.07, 6.45) is -2.17. The lowest BCUT2D eigenvalue weighted by Gasteiger charge is -2.37. The van der Waals surface area contributed by atoms with Gasteiger partial charge < -0.3 is 23.5 Å². The first-order valence-corrected chi connectivity index (χ1v) is 20.8. The number of aromatic amines is 1. The van der Waals surface area contributed by atoms with E-state index in [0.29, 0.717) is 22.6 Å². The Bertz CT molecular complexity index is 2360. The van der Waals surface area contributed by atoms with Crippen LogP contribution in [-0.2, 0) is 29.0 Å². The molecule has 1 aromatic heterocycles. The molecule has 0 aliphatic carbocycles. The molecule has 16 heteroatoms. The van der Waals surface area contributed by atoms with Crippen molar-refractivity contribution in [3.8, 4) is 17.2 Å². The molecule has 0 bridgehead atoms. The van der Waals surface area contributed by atoms with E-state index in [0.717, 1.165) is 5.56 Å². The van der Waals surface area contributed by atoms with E-state index in [4.69, 9.17) is 62.8 Å². The summed E-state index contributed by atoms with van der Waals surface area (Å²) in [5.74, 6) is 0.974. The highest BCUT2D eigenvalue weighted by atomic mass is 35.5. The van der Waals surface area contributed by atoms with E-state index in [9.17, 15) is 14.4 Å². The summed E-state index contributed by atoms with van der Waals surface area (Å²) in [4.78, 5) is 42.0. The Kier molecular flexibility index (Phi) is 13.0. The molecule has 1 aliphatic heterocycles. The van der Waals surface area contributed by atoms with Crippen molar-refractivity contribution in [1.29, 1.82) is 0 Å². The van der Waals surface area contributed by atoms with E-state index < -0.39 is 53.8 Å². The number of aromatic nitrogens is 2. The van der Waals surface area contributed by atoms with Crippen molar-refractivity contribution in [3.63, 3.8) is 0 Å². The fraction of sp³-hybridized carbons (Fsp3) is 0.310. The van der Waals surface area contributed by atoms with Crippen molar-refractivity contribution in [2.45, 2.75) is 58.2 Å². The maximum absolute atomic E-state index is 15.0. The van der Waals surface area contributed by atoms with E-state index in [1.165, 1.54) is 22.9 Å². The molecule has 4 atom stereocenters. The Morgan fingerprint density at radius 3 is 1.91 bits per heavy atom. The number of halogens is 3. The van der Waals surface area contributed by atoms with E-state index in [1.54, 1.807) is 41.9 Å². The maximum atomic E-state index is 15.0. The number of carbonyl (C=O) groups excluding carboxylic acids is 1.